The lowest BCUT2D eigenvalue weighted by molar-refractivity contribution is 0.0264. The first-order chi connectivity index (χ1) is 11.7. The predicted molar refractivity (Wildman–Crippen MR) is 99.3 cm³/mol. The van der Waals surface area contributed by atoms with Crippen molar-refractivity contribution in [2.75, 3.05) is 38.5 Å². The van der Waals surface area contributed by atoms with Gasteiger partial charge in [-0.2, -0.15) is 0 Å². The van der Waals surface area contributed by atoms with E-state index in [2.05, 4.69) is 24.1 Å². The number of likely N-dealkylation sites (tertiary alicyclic amines) is 1. The van der Waals surface area contributed by atoms with Gasteiger partial charge in [0.15, 0.2) is 5.96 Å². The largest absolute Gasteiger partial charge is 0.378 e. The van der Waals surface area contributed by atoms with E-state index in [1.165, 1.54) is 12.1 Å². The van der Waals surface area contributed by atoms with Crippen LogP contribution < -0.4 is 5.32 Å². The molecule has 24 heavy (non-hydrogen) atoms. The maximum atomic E-state index is 12.9. The molecular weight excluding hydrogens is 325 g/mol. The lowest BCUT2D eigenvalue weighted by Crippen LogP contribution is -2.47. The first kappa shape index (κ1) is 19.1. The summed E-state index contributed by atoms with van der Waals surface area (Å²) in [6.45, 7) is 8.53. The first-order valence-corrected chi connectivity index (χ1v) is 9.74. The number of rotatable bonds is 7. The van der Waals surface area contributed by atoms with Crippen LogP contribution in [0.1, 0.15) is 26.7 Å². The summed E-state index contributed by atoms with van der Waals surface area (Å²) >= 11 is 1.70. The van der Waals surface area contributed by atoms with Gasteiger partial charge in [0, 0.05) is 36.9 Å². The van der Waals surface area contributed by atoms with Gasteiger partial charge in [0.2, 0.25) is 0 Å². The third kappa shape index (κ3) is 6.32. The number of nitrogens with zero attached hydrogens (tertiary/aromatic N) is 2. The molecule has 0 spiro atoms. The van der Waals surface area contributed by atoms with Crippen molar-refractivity contribution in [3.05, 3.63) is 30.1 Å². The van der Waals surface area contributed by atoms with Crippen molar-refractivity contribution in [3.8, 4) is 0 Å². The van der Waals surface area contributed by atoms with Crippen LogP contribution in [0, 0.1) is 5.82 Å². The van der Waals surface area contributed by atoms with Gasteiger partial charge in [-0.1, -0.05) is 0 Å². The lowest BCUT2D eigenvalue weighted by Gasteiger charge is -2.34. The van der Waals surface area contributed by atoms with Crippen LogP contribution >= 0.6 is 11.8 Å². The Kier molecular flexibility index (Phi) is 8.39. The summed E-state index contributed by atoms with van der Waals surface area (Å²) < 4.78 is 18.6. The fourth-order valence-corrected chi connectivity index (χ4v) is 3.49. The lowest BCUT2D eigenvalue weighted by atomic mass is 10.1. The van der Waals surface area contributed by atoms with Crippen molar-refractivity contribution < 1.29 is 9.13 Å². The molecule has 1 aromatic carbocycles. The van der Waals surface area contributed by atoms with Gasteiger partial charge in [0.1, 0.15) is 5.82 Å². The molecule has 1 aromatic rings. The van der Waals surface area contributed by atoms with Crippen molar-refractivity contribution in [2.24, 2.45) is 4.99 Å². The van der Waals surface area contributed by atoms with Gasteiger partial charge in [-0.15, -0.1) is 11.8 Å². The molecule has 0 unspecified atom stereocenters. The van der Waals surface area contributed by atoms with Gasteiger partial charge in [-0.05, 0) is 51.0 Å². The third-order valence-electron chi connectivity index (χ3n) is 3.91. The maximum absolute atomic E-state index is 12.9. The highest BCUT2D eigenvalue weighted by molar-refractivity contribution is 7.99. The molecular formula is C18H28FN3OS. The Morgan fingerprint density at radius 1 is 1.29 bits per heavy atom. The molecule has 0 saturated carbocycles. The molecule has 0 amide bonds. The Labute approximate surface area is 148 Å². The van der Waals surface area contributed by atoms with E-state index in [9.17, 15) is 4.39 Å². The maximum Gasteiger partial charge on any atom is 0.193 e. The second kappa shape index (κ2) is 10.6. The van der Waals surface area contributed by atoms with Crippen molar-refractivity contribution in [3.63, 3.8) is 0 Å². The summed E-state index contributed by atoms with van der Waals surface area (Å²) in [6, 6.07) is 6.62. The Balaban J connectivity index is 1.79. The highest BCUT2D eigenvalue weighted by Crippen LogP contribution is 2.18. The smallest absolute Gasteiger partial charge is 0.193 e. The Morgan fingerprint density at radius 3 is 2.62 bits per heavy atom. The van der Waals surface area contributed by atoms with Gasteiger partial charge in [0.25, 0.3) is 0 Å². The molecule has 1 N–H and O–H groups in total. The predicted octanol–water partition coefficient (Wildman–Crippen LogP) is 3.38. The topological polar surface area (TPSA) is 36.9 Å². The molecule has 134 valence electrons. The van der Waals surface area contributed by atoms with Crippen LogP contribution in [0.3, 0.4) is 0 Å². The minimum Gasteiger partial charge on any atom is -0.378 e. The van der Waals surface area contributed by atoms with Crippen LogP contribution in [0.25, 0.3) is 0 Å². The SMILES string of the molecule is CCNC(=NCCSc1ccc(F)cc1)N1CCC(OCC)CC1. The van der Waals surface area contributed by atoms with Crippen LogP contribution in [0.4, 0.5) is 4.39 Å². The van der Waals surface area contributed by atoms with E-state index in [1.54, 1.807) is 11.8 Å². The highest BCUT2D eigenvalue weighted by Gasteiger charge is 2.21. The molecule has 0 atom stereocenters. The van der Waals surface area contributed by atoms with Crippen molar-refractivity contribution in [2.45, 2.75) is 37.7 Å². The normalized spacial score (nSPS) is 16.5. The number of benzene rings is 1. The number of aliphatic imine (C=N–C) groups is 1. The summed E-state index contributed by atoms with van der Waals surface area (Å²) in [5, 5.41) is 3.38. The number of hydrogen-bond acceptors (Lipinski definition) is 3. The average Bonchev–Trinajstić information content (AvgIpc) is 2.60. The van der Waals surface area contributed by atoms with E-state index < -0.39 is 0 Å². The minimum absolute atomic E-state index is 0.192. The van der Waals surface area contributed by atoms with E-state index in [0.717, 1.165) is 62.2 Å². The van der Waals surface area contributed by atoms with Crippen LogP contribution in [-0.4, -0.2) is 55.5 Å². The molecule has 0 aliphatic carbocycles. The van der Waals surface area contributed by atoms with Crippen LogP contribution in [0.2, 0.25) is 0 Å². The molecule has 2 rings (SSSR count). The third-order valence-corrected chi connectivity index (χ3v) is 4.91. The molecule has 1 fully saturated rings. The summed E-state index contributed by atoms with van der Waals surface area (Å²) in [4.78, 5) is 8.14. The standard InChI is InChI=1S/C18H28FN3OS/c1-3-20-18(22-12-9-16(10-13-22)23-4-2)21-11-14-24-17-7-5-15(19)6-8-17/h5-8,16H,3-4,9-14H2,1-2H3,(H,20,21). The highest BCUT2D eigenvalue weighted by atomic mass is 32.2. The van der Waals surface area contributed by atoms with Crippen molar-refractivity contribution in [1.29, 1.82) is 0 Å². The minimum atomic E-state index is -0.192. The number of hydrogen-bond donors (Lipinski definition) is 1. The second-order valence-corrected chi connectivity index (χ2v) is 6.85. The van der Waals surface area contributed by atoms with Crippen molar-refractivity contribution in [1.82, 2.24) is 10.2 Å². The second-order valence-electron chi connectivity index (χ2n) is 5.68. The fraction of sp³-hybridized carbons (Fsp3) is 0.611. The average molecular weight is 354 g/mol. The fourth-order valence-electron chi connectivity index (χ4n) is 2.74. The van der Waals surface area contributed by atoms with E-state index in [0.29, 0.717) is 6.10 Å². The molecule has 1 saturated heterocycles. The summed E-state index contributed by atoms with van der Waals surface area (Å²) in [6.07, 6.45) is 2.51. The van der Waals surface area contributed by atoms with Gasteiger partial charge in [0.05, 0.1) is 12.6 Å². The molecule has 6 heteroatoms. The summed E-state index contributed by atoms with van der Waals surface area (Å²) in [5.74, 6) is 1.69. The van der Waals surface area contributed by atoms with Crippen LogP contribution in [0.5, 0.6) is 0 Å². The van der Waals surface area contributed by atoms with Crippen molar-refractivity contribution >= 4 is 17.7 Å². The van der Waals surface area contributed by atoms with E-state index >= 15 is 0 Å². The quantitative estimate of drug-likeness (QED) is 0.353. The van der Waals surface area contributed by atoms with Gasteiger partial charge in [-0.3, -0.25) is 4.99 Å². The summed E-state index contributed by atoms with van der Waals surface area (Å²) in [5.41, 5.74) is 0. The number of halogens is 1. The summed E-state index contributed by atoms with van der Waals surface area (Å²) in [7, 11) is 0. The number of ether oxygens (including phenoxy) is 1. The Hall–Kier alpha value is -1.27. The number of piperidine rings is 1. The first-order valence-electron chi connectivity index (χ1n) is 8.76. The molecule has 1 aliphatic heterocycles. The van der Waals surface area contributed by atoms with Gasteiger partial charge >= 0.3 is 0 Å². The zero-order valence-corrected chi connectivity index (χ0v) is 15.4. The zero-order valence-electron chi connectivity index (χ0n) is 14.6. The van der Waals surface area contributed by atoms with E-state index in [-0.39, 0.29) is 5.82 Å². The van der Waals surface area contributed by atoms with Crippen LogP contribution in [-0.2, 0) is 4.74 Å². The molecule has 0 bridgehead atoms. The number of guanidine groups is 1. The van der Waals surface area contributed by atoms with E-state index in [4.69, 9.17) is 9.73 Å². The molecule has 4 nitrogen and oxygen atoms in total. The zero-order chi connectivity index (χ0) is 17.2. The number of nitrogens with one attached hydrogen (secondary N) is 1. The molecule has 1 aliphatic rings. The van der Waals surface area contributed by atoms with E-state index in [1.807, 2.05) is 12.1 Å². The van der Waals surface area contributed by atoms with Gasteiger partial charge in [-0.25, -0.2) is 4.39 Å². The monoisotopic (exact) mass is 353 g/mol. The Morgan fingerprint density at radius 2 is 2.00 bits per heavy atom. The molecule has 0 aromatic heterocycles. The van der Waals surface area contributed by atoms with Gasteiger partial charge < -0.3 is 15.0 Å². The molecule has 1 heterocycles. The number of thioether (sulfide) groups is 1. The Bertz CT molecular complexity index is 501. The van der Waals surface area contributed by atoms with Crippen LogP contribution in [0.15, 0.2) is 34.2 Å². The molecule has 0 radical (unpaired) electrons.